The molecule has 0 amide bonds. The van der Waals surface area contributed by atoms with Crippen molar-refractivity contribution in [2.75, 3.05) is 0 Å². The third-order valence-electron chi connectivity index (χ3n) is 1.92. The number of hydrogen-bond acceptors (Lipinski definition) is 2. The van der Waals surface area contributed by atoms with Gasteiger partial charge in [0.05, 0.1) is 0 Å². The van der Waals surface area contributed by atoms with Crippen molar-refractivity contribution < 1.29 is 0 Å². The number of aromatic nitrogens is 3. The quantitative estimate of drug-likeness (QED) is 0.602. The van der Waals surface area contributed by atoms with Crippen molar-refractivity contribution in [3.63, 3.8) is 0 Å². The normalized spacial score (nSPS) is 9.33. The second kappa shape index (κ2) is 4.91. The molecule has 0 bridgehead atoms. The molecule has 0 saturated carbocycles. The van der Waals surface area contributed by atoms with E-state index in [0.29, 0.717) is 0 Å². The van der Waals surface area contributed by atoms with E-state index in [0.717, 1.165) is 10.9 Å². The van der Waals surface area contributed by atoms with Crippen molar-refractivity contribution in [3.05, 3.63) is 61.3 Å². The number of nitrogens with one attached hydrogen (secondary N) is 1. The molecule has 0 unspecified atom stereocenters. The standard InChI is InChI=1S/C7H6N2.C5H5N/c1-4-9-7-2-3-8-5-6(1)7;1-2-4-6-5-3-1/h1-5,9H;1-5H. The number of pyridine rings is 2. The van der Waals surface area contributed by atoms with Crippen LogP contribution in [0.3, 0.4) is 0 Å². The van der Waals surface area contributed by atoms with Crippen LogP contribution in [0, 0.1) is 0 Å². The highest BCUT2D eigenvalue weighted by molar-refractivity contribution is 5.77. The predicted molar refractivity (Wildman–Crippen MR) is 60.3 cm³/mol. The van der Waals surface area contributed by atoms with Crippen LogP contribution in [0.2, 0.25) is 0 Å². The lowest BCUT2D eigenvalue weighted by Gasteiger charge is -1.82. The molecule has 0 spiro atoms. The van der Waals surface area contributed by atoms with E-state index in [-0.39, 0.29) is 0 Å². The number of rotatable bonds is 0. The lowest BCUT2D eigenvalue weighted by molar-refractivity contribution is 1.33. The van der Waals surface area contributed by atoms with Crippen LogP contribution >= 0.6 is 0 Å². The molecular formula is C12H11N3. The maximum Gasteiger partial charge on any atom is 0.0484 e. The van der Waals surface area contributed by atoms with Crippen LogP contribution in [0.15, 0.2) is 61.3 Å². The van der Waals surface area contributed by atoms with E-state index >= 15 is 0 Å². The van der Waals surface area contributed by atoms with Gasteiger partial charge in [-0.3, -0.25) is 9.97 Å². The van der Waals surface area contributed by atoms with Crippen molar-refractivity contribution >= 4 is 10.9 Å². The smallest absolute Gasteiger partial charge is 0.0484 e. The molecular weight excluding hydrogens is 186 g/mol. The summed E-state index contributed by atoms with van der Waals surface area (Å²) in [7, 11) is 0. The van der Waals surface area contributed by atoms with Gasteiger partial charge in [0, 0.05) is 41.9 Å². The molecule has 3 rings (SSSR count). The van der Waals surface area contributed by atoms with Crippen LogP contribution in [0.1, 0.15) is 0 Å². The molecule has 3 heteroatoms. The molecule has 0 atom stereocenters. The van der Waals surface area contributed by atoms with Crippen LogP contribution in [0.5, 0.6) is 0 Å². The molecule has 0 aliphatic carbocycles. The minimum Gasteiger partial charge on any atom is -0.361 e. The molecule has 3 nitrogen and oxygen atoms in total. The Morgan fingerprint density at radius 1 is 0.867 bits per heavy atom. The van der Waals surface area contributed by atoms with Gasteiger partial charge in [0.2, 0.25) is 0 Å². The monoisotopic (exact) mass is 197 g/mol. The van der Waals surface area contributed by atoms with Gasteiger partial charge in [-0.1, -0.05) is 6.07 Å². The van der Waals surface area contributed by atoms with Crippen LogP contribution in [0.4, 0.5) is 0 Å². The molecule has 3 aromatic heterocycles. The first-order chi connectivity index (χ1) is 7.47. The first-order valence-electron chi connectivity index (χ1n) is 4.69. The molecule has 0 aromatic carbocycles. The molecule has 1 N–H and O–H groups in total. The summed E-state index contributed by atoms with van der Waals surface area (Å²) in [6.07, 6.45) is 9.02. The van der Waals surface area contributed by atoms with Gasteiger partial charge in [-0.05, 0) is 24.3 Å². The second-order valence-electron chi connectivity index (χ2n) is 2.97. The van der Waals surface area contributed by atoms with E-state index in [1.54, 1.807) is 18.6 Å². The molecule has 0 aliphatic rings. The van der Waals surface area contributed by atoms with Crippen LogP contribution < -0.4 is 0 Å². The highest BCUT2D eigenvalue weighted by Gasteiger charge is 1.87. The highest BCUT2D eigenvalue weighted by Crippen LogP contribution is 2.07. The molecule has 0 saturated heterocycles. The summed E-state index contributed by atoms with van der Waals surface area (Å²) in [4.78, 5) is 10.8. The maximum atomic E-state index is 3.97. The zero-order valence-electron chi connectivity index (χ0n) is 8.17. The van der Waals surface area contributed by atoms with Gasteiger partial charge in [-0.15, -0.1) is 0 Å². The number of hydrogen-bond donors (Lipinski definition) is 1. The lowest BCUT2D eigenvalue weighted by atomic mass is 10.3. The Morgan fingerprint density at radius 3 is 2.33 bits per heavy atom. The minimum atomic E-state index is 1.14. The van der Waals surface area contributed by atoms with Crippen LogP contribution in [-0.2, 0) is 0 Å². The molecule has 74 valence electrons. The SMILES string of the molecule is c1cc2[nH]ccc2cn1.c1ccncc1. The molecule has 0 radical (unpaired) electrons. The largest absolute Gasteiger partial charge is 0.361 e. The topological polar surface area (TPSA) is 41.6 Å². The minimum absolute atomic E-state index is 1.14. The summed E-state index contributed by atoms with van der Waals surface area (Å²) in [5.74, 6) is 0. The number of fused-ring (bicyclic) bond motifs is 1. The fraction of sp³-hybridized carbons (Fsp3) is 0. The molecule has 3 heterocycles. The molecule has 3 aromatic rings. The van der Waals surface area contributed by atoms with E-state index in [1.165, 1.54) is 0 Å². The summed E-state index contributed by atoms with van der Waals surface area (Å²) in [5, 5.41) is 1.16. The van der Waals surface area contributed by atoms with Gasteiger partial charge < -0.3 is 4.98 Å². The average Bonchev–Trinajstić information content (AvgIpc) is 2.80. The highest BCUT2D eigenvalue weighted by atomic mass is 14.7. The summed E-state index contributed by atoms with van der Waals surface area (Å²) in [6.45, 7) is 0. The van der Waals surface area contributed by atoms with Crippen molar-refractivity contribution in [2.45, 2.75) is 0 Å². The van der Waals surface area contributed by atoms with Gasteiger partial charge in [0.1, 0.15) is 0 Å². The number of nitrogens with zero attached hydrogens (tertiary/aromatic N) is 2. The Balaban J connectivity index is 0.000000124. The van der Waals surface area contributed by atoms with E-state index in [1.807, 2.05) is 42.7 Å². The average molecular weight is 197 g/mol. The van der Waals surface area contributed by atoms with Crippen LogP contribution in [-0.4, -0.2) is 15.0 Å². The zero-order chi connectivity index (χ0) is 10.3. The molecule has 0 fully saturated rings. The van der Waals surface area contributed by atoms with E-state index in [4.69, 9.17) is 0 Å². The Bertz CT molecular complexity index is 445. The zero-order valence-corrected chi connectivity index (χ0v) is 8.17. The number of H-pyrrole nitrogens is 1. The fourth-order valence-electron chi connectivity index (χ4n) is 1.20. The Labute approximate surface area is 87.8 Å². The lowest BCUT2D eigenvalue weighted by Crippen LogP contribution is -1.67. The summed E-state index contributed by atoms with van der Waals surface area (Å²) < 4.78 is 0. The Hall–Kier alpha value is -2.16. The summed E-state index contributed by atoms with van der Waals surface area (Å²) in [6, 6.07) is 9.67. The fourth-order valence-corrected chi connectivity index (χ4v) is 1.20. The Kier molecular flexibility index (Phi) is 3.07. The van der Waals surface area contributed by atoms with Gasteiger partial charge in [-0.2, -0.15) is 0 Å². The van der Waals surface area contributed by atoms with Gasteiger partial charge in [-0.25, -0.2) is 0 Å². The van der Waals surface area contributed by atoms with E-state index < -0.39 is 0 Å². The summed E-state index contributed by atoms with van der Waals surface area (Å²) >= 11 is 0. The first-order valence-corrected chi connectivity index (χ1v) is 4.69. The maximum absolute atomic E-state index is 3.97. The predicted octanol–water partition coefficient (Wildman–Crippen LogP) is 2.64. The van der Waals surface area contributed by atoms with Gasteiger partial charge in [0.25, 0.3) is 0 Å². The number of aromatic amines is 1. The van der Waals surface area contributed by atoms with E-state index in [9.17, 15) is 0 Å². The van der Waals surface area contributed by atoms with Crippen molar-refractivity contribution in [3.8, 4) is 0 Å². The second-order valence-corrected chi connectivity index (χ2v) is 2.97. The third kappa shape index (κ3) is 2.64. The summed E-state index contributed by atoms with van der Waals surface area (Å²) in [5.41, 5.74) is 1.14. The first kappa shape index (κ1) is 9.40. The van der Waals surface area contributed by atoms with Crippen molar-refractivity contribution in [1.29, 1.82) is 0 Å². The van der Waals surface area contributed by atoms with Gasteiger partial charge >= 0.3 is 0 Å². The molecule has 0 aliphatic heterocycles. The van der Waals surface area contributed by atoms with Crippen molar-refractivity contribution in [1.82, 2.24) is 15.0 Å². The van der Waals surface area contributed by atoms with E-state index in [2.05, 4.69) is 15.0 Å². The van der Waals surface area contributed by atoms with Gasteiger partial charge in [0.15, 0.2) is 0 Å². The molecule has 15 heavy (non-hydrogen) atoms. The third-order valence-corrected chi connectivity index (χ3v) is 1.92. The van der Waals surface area contributed by atoms with Crippen molar-refractivity contribution in [2.24, 2.45) is 0 Å². The van der Waals surface area contributed by atoms with Crippen LogP contribution in [0.25, 0.3) is 10.9 Å². The Morgan fingerprint density at radius 2 is 1.73 bits per heavy atom.